The van der Waals surface area contributed by atoms with Crippen LogP contribution in [0, 0.1) is 0 Å². The second-order valence-electron chi connectivity index (χ2n) is 6.61. The Bertz CT molecular complexity index is 917. The monoisotopic (exact) mass is 506 g/mol. The molecule has 0 spiro atoms. The minimum absolute atomic E-state index is 0.128. The highest BCUT2D eigenvalue weighted by atomic mass is 79.9. The van der Waals surface area contributed by atoms with Crippen molar-refractivity contribution in [2.45, 2.75) is 13.8 Å². The van der Waals surface area contributed by atoms with Crippen LogP contribution in [0.4, 0.5) is 5.69 Å². The van der Waals surface area contributed by atoms with Crippen molar-refractivity contribution in [2.75, 3.05) is 38.6 Å². The predicted molar refractivity (Wildman–Crippen MR) is 131 cm³/mol. The van der Waals surface area contributed by atoms with Gasteiger partial charge in [0.2, 0.25) is 0 Å². The molecule has 0 bridgehead atoms. The summed E-state index contributed by atoms with van der Waals surface area (Å²) in [6, 6.07) is 12.0. The third-order valence-corrected chi connectivity index (χ3v) is 5.34. The molecule has 2 amide bonds. The molecule has 0 aliphatic heterocycles. The molecular formula is C22H27BrN4O3S. The van der Waals surface area contributed by atoms with Gasteiger partial charge >= 0.3 is 0 Å². The van der Waals surface area contributed by atoms with E-state index < -0.39 is 0 Å². The van der Waals surface area contributed by atoms with Crippen LogP contribution >= 0.6 is 28.1 Å². The molecule has 2 aromatic carbocycles. The van der Waals surface area contributed by atoms with Crippen molar-refractivity contribution in [3.63, 3.8) is 0 Å². The lowest BCUT2D eigenvalue weighted by molar-refractivity contribution is 0.0946. The third-order valence-electron chi connectivity index (χ3n) is 4.65. The van der Waals surface area contributed by atoms with Gasteiger partial charge in [-0.3, -0.25) is 14.9 Å². The Labute approximate surface area is 196 Å². The summed E-state index contributed by atoms with van der Waals surface area (Å²) in [5.41, 5.74) is 1.57. The Balaban J connectivity index is 1.89. The van der Waals surface area contributed by atoms with Gasteiger partial charge in [0.05, 0.1) is 12.7 Å². The molecule has 0 aliphatic rings. The fourth-order valence-corrected chi connectivity index (χ4v) is 3.44. The van der Waals surface area contributed by atoms with E-state index in [0.29, 0.717) is 29.1 Å². The van der Waals surface area contributed by atoms with Crippen molar-refractivity contribution in [3.8, 4) is 5.75 Å². The number of benzene rings is 2. The van der Waals surface area contributed by atoms with Crippen LogP contribution in [-0.2, 0) is 0 Å². The zero-order valence-corrected chi connectivity index (χ0v) is 20.2. The molecule has 0 radical (unpaired) electrons. The van der Waals surface area contributed by atoms with Crippen molar-refractivity contribution < 1.29 is 14.3 Å². The van der Waals surface area contributed by atoms with Gasteiger partial charge in [-0.2, -0.15) is 0 Å². The molecular weight excluding hydrogens is 480 g/mol. The summed E-state index contributed by atoms with van der Waals surface area (Å²) >= 11 is 8.58. The molecule has 0 aliphatic carbocycles. The Kier molecular flexibility index (Phi) is 9.90. The maximum Gasteiger partial charge on any atom is 0.261 e. The van der Waals surface area contributed by atoms with Crippen molar-refractivity contribution in [1.29, 1.82) is 0 Å². The minimum Gasteiger partial charge on any atom is -0.496 e. The number of anilines is 1. The van der Waals surface area contributed by atoms with E-state index in [4.69, 9.17) is 17.0 Å². The first kappa shape index (κ1) is 24.8. The summed E-state index contributed by atoms with van der Waals surface area (Å²) in [6.45, 7) is 7.51. The van der Waals surface area contributed by atoms with Crippen molar-refractivity contribution >= 4 is 50.8 Å². The van der Waals surface area contributed by atoms with Crippen LogP contribution < -0.4 is 20.7 Å². The summed E-state index contributed by atoms with van der Waals surface area (Å²) in [5.74, 6) is -0.0731. The molecule has 0 unspecified atom stereocenters. The van der Waals surface area contributed by atoms with Crippen LogP contribution in [0.25, 0.3) is 0 Å². The van der Waals surface area contributed by atoms with Crippen LogP contribution in [0.5, 0.6) is 5.75 Å². The molecule has 0 saturated carbocycles. The van der Waals surface area contributed by atoms with Crippen molar-refractivity contribution in [2.24, 2.45) is 0 Å². The minimum atomic E-state index is -0.389. The van der Waals surface area contributed by atoms with E-state index in [1.807, 2.05) is 0 Å². The zero-order chi connectivity index (χ0) is 22.8. The molecule has 9 heteroatoms. The van der Waals surface area contributed by atoms with Gasteiger partial charge < -0.3 is 20.3 Å². The van der Waals surface area contributed by atoms with Gasteiger partial charge in [-0.25, -0.2) is 0 Å². The Hall–Kier alpha value is -2.49. The standard InChI is InChI=1S/C22H27BrN4O3S/c1-4-27(5-2)13-12-24-20(28)15-6-9-17(10-7-15)25-22(31)26-21(29)18-14-16(23)8-11-19(18)30-3/h6-11,14H,4-5,12-13H2,1-3H3,(H,24,28)(H2,25,26,29,31). The van der Waals surface area contributed by atoms with Crippen LogP contribution in [0.15, 0.2) is 46.9 Å². The topological polar surface area (TPSA) is 82.7 Å². The highest BCUT2D eigenvalue weighted by Gasteiger charge is 2.14. The number of likely N-dealkylation sites (N-methyl/N-ethyl adjacent to an activating group) is 1. The molecule has 2 aromatic rings. The van der Waals surface area contributed by atoms with E-state index >= 15 is 0 Å². The van der Waals surface area contributed by atoms with E-state index in [1.54, 1.807) is 42.5 Å². The van der Waals surface area contributed by atoms with E-state index in [1.165, 1.54) is 7.11 Å². The number of thiocarbonyl (C=S) groups is 1. The third kappa shape index (κ3) is 7.61. The smallest absolute Gasteiger partial charge is 0.261 e. The number of carbonyl (C=O) groups is 2. The van der Waals surface area contributed by atoms with E-state index in [2.05, 4.69) is 50.6 Å². The highest BCUT2D eigenvalue weighted by molar-refractivity contribution is 9.10. The molecule has 7 nitrogen and oxygen atoms in total. The number of nitrogens with one attached hydrogen (secondary N) is 3. The lowest BCUT2D eigenvalue weighted by Gasteiger charge is -2.18. The van der Waals surface area contributed by atoms with Gasteiger partial charge in [0, 0.05) is 28.8 Å². The summed E-state index contributed by atoms with van der Waals surface area (Å²) in [7, 11) is 1.50. The van der Waals surface area contributed by atoms with E-state index in [-0.39, 0.29) is 16.9 Å². The normalized spacial score (nSPS) is 10.5. The first-order valence-corrected chi connectivity index (χ1v) is 11.1. The van der Waals surface area contributed by atoms with Crippen molar-refractivity contribution in [1.82, 2.24) is 15.5 Å². The lowest BCUT2D eigenvalue weighted by atomic mass is 10.2. The number of hydrogen-bond donors (Lipinski definition) is 3. The van der Waals surface area contributed by atoms with E-state index in [0.717, 1.165) is 24.1 Å². The number of methoxy groups -OCH3 is 1. The fourth-order valence-electron chi connectivity index (χ4n) is 2.86. The average molecular weight is 507 g/mol. The average Bonchev–Trinajstić information content (AvgIpc) is 2.77. The van der Waals surface area contributed by atoms with Gasteiger partial charge in [-0.05, 0) is 67.8 Å². The molecule has 31 heavy (non-hydrogen) atoms. The van der Waals surface area contributed by atoms with Gasteiger partial charge in [-0.15, -0.1) is 0 Å². The van der Waals surface area contributed by atoms with Crippen molar-refractivity contribution in [3.05, 3.63) is 58.1 Å². The molecule has 3 N–H and O–H groups in total. The summed E-state index contributed by atoms with van der Waals surface area (Å²) < 4.78 is 5.98. The van der Waals surface area contributed by atoms with E-state index in [9.17, 15) is 9.59 Å². The van der Waals surface area contributed by atoms with Gasteiger partial charge in [0.1, 0.15) is 5.75 Å². The largest absolute Gasteiger partial charge is 0.496 e. The van der Waals surface area contributed by atoms with Gasteiger partial charge in [0.25, 0.3) is 11.8 Å². The number of hydrogen-bond acceptors (Lipinski definition) is 5. The number of amides is 2. The Morgan fingerprint density at radius 3 is 2.35 bits per heavy atom. The second-order valence-corrected chi connectivity index (χ2v) is 7.94. The quantitative estimate of drug-likeness (QED) is 0.450. The van der Waals surface area contributed by atoms with Crippen LogP contribution in [0.3, 0.4) is 0 Å². The van der Waals surface area contributed by atoms with Crippen LogP contribution in [-0.4, -0.2) is 55.1 Å². The van der Waals surface area contributed by atoms with Crippen LogP contribution in [0.2, 0.25) is 0 Å². The SMILES string of the molecule is CCN(CC)CCNC(=O)c1ccc(NC(=S)NC(=O)c2cc(Br)ccc2OC)cc1. The molecule has 0 atom stereocenters. The summed E-state index contributed by atoms with van der Waals surface area (Å²) in [5, 5.41) is 8.63. The Morgan fingerprint density at radius 1 is 1.06 bits per heavy atom. The lowest BCUT2D eigenvalue weighted by Crippen LogP contribution is -2.35. The summed E-state index contributed by atoms with van der Waals surface area (Å²) in [4.78, 5) is 27.0. The zero-order valence-electron chi connectivity index (χ0n) is 17.8. The van der Waals surface area contributed by atoms with Gasteiger partial charge in [0.15, 0.2) is 5.11 Å². The first-order valence-electron chi connectivity index (χ1n) is 9.94. The number of halogens is 1. The predicted octanol–water partition coefficient (Wildman–Crippen LogP) is 3.66. The molecule has 0 aromatic heterocycles. The molecule has 0 heterocycles. The second kappa shape index (κ2) is 12.4. The fraction of sp³-hybridized carbons (Fsp3) is 0.318. The molecule has 166 valence electrons. The number of carbonyl (C=O) groups excluding carboxylic acids is 2. The number of ether oxygens (including phenoxy) is 1. The molecule has 0 saturated heterocycles. The Morgan fingerprint density at radius 2 is 1.74 bits per heavy atom. The van der Waals surface area contributed by atoms with Gasteiger partial charge in [-0.1, -0.05) is 29.8 Å². The first-order chi connectivity index (χ1) is 14.9. The number of nitrogens with zero attached hydrogens (tertiary/aromatic N) is 1. The maximum atomic E-state index is 12.5. The summed E-state index contributed by atoms with van der Waals surface area (Å²) in [6.07, 6.45) is 0. The number of rotatable bonds is 9. The molecule has 2 rings (SSSR count). The highest BCUT2D eigenvalue weighted by Crippen LogP contribution is 2.22. The van der Waals surface area contributed by atoms with Crippen LogP contribution in [0.1, 0.15) is 34.6 Å². The molecule has 0 fully saturated rings. The maximum absolute atomic E-state index is 12.5.